The Balaban J connectivity index is 1.37. The molecular weight excluding hydrogens is 500 g/mol. The fraction of sp³-hybridized carbons (Fsp3) is 0.455. The van der Waals surface area contributed by atoms with Gasteiger partial charge in [0.15, 0.2) is 5.01 Å². The first-order valence-electron chi connectivity index (χ1n) is 11.1. The predicted molar refractivity (Wildman–Crippen MR) is 129 cm³/mol. The number of fused-ring (bicyclic) bond motifs is 2. The number of nitrogens with one attached hydrogen (secondary N) is 1. The Labute approximate surface area is 206 Å². The summed E-state index contributed by atoms with van der Waals surface area (Å²) in [5, 5.41) is 21.2. The van der Waals surface area contributed by atoms with E-state index in [9.17, 15) is 23.4 Å². The Hall–Kier alpha value is -2.02. The van der Waals surface area contributed by atoms with Crippen LogP contribution in [0.5, 0.6) is 0 Å². The van der Waals surface area contributed by atoms with Crippen molar-refractivity contribution in [3.8, 4) is 0 Å². The van der Waals surface area contributed by atoms with E-state index in [1.54, 1.807) is 29.2 Å². The monoisotopic (exact) mass is 524 g/mol. The number of hydrogen-bond acceptors (Lipinski definition) is 7. The molecule has 1 saturated heterocycles. The molecule has 0 spiro atoms. The van der Waals surface area contributed by atoms with Crippen LogP contribution in [0.3, 0.4) is 0 Å². The summed E-state index contributed by atoms with van der Waals surface area (Å²) in [5.74, 6) is -0.260. The molecule has 9 nitrogen and oxygen atoms in total. The van der Waals surface area contributed by atoms with Crippen molar-refractivity contribution in [1.82, 2.24) is 19.2 Å². The van der Waals surface area contributed by atoms with E-state index in [0.29, 0.717) is 40.2 Å². The normalized spacial score (nSPS) is 21.7. The summed E-state index contributed by atoms with van der Waals surface area (Å²) in [7, 11) is -3.84. The smallest absolute Gasteiger partial charge is 0.283 e. The van der Waals surface area contributed by atoms with Crippen molar-refractivity contribution in [2.24, 2.45) is 0 Å². The lowest BCUT2D eigenvalue weighted by Crippen LogP contribution is -2.56. The van der Waals surface area contributed by atoms with Crippen LogP contribution < -0.4 is 0 Å². The molecule has 5 rings (SSSR count). The van der Waals surface area contributed by atoms with Gasteiger partial charge in [-0.15, -0.1) is 11.3 Å². The second-order valence-electron chi connectivity index (χ2n) is 8.68. The fourth-order valence-corrected chi connectivity index (χ4v) is 7.43. The molecule has 1 aromatic carbocycles. The van der Waals surface area contributed by atoms with Crippen LogP contribution in [0.4, 0.5) is 0 Å². The largest absolute Gasteiger partial charge is 0.396 e. The topological polar surface area (TPSA) is 127 Å². The van der Waals surface area contributed by atoms with Gasteiger partial charge in [0.25, 0.3) is 15.9 Å². The highest BCUT2D eigenvalue weighted by molar-refractivity contribution is 7.89. The molecule has 0 radical (unpaired) electrons. The number of carbonyl (C=O) groups is 1. The van der Waals surface area contributed by atoms with Crippen molar-refractivity contribution < 1.29 is 23.4 Å². The molecule has 0 saturated carbocycles. The van der Waals surface area contributed by atoms with E-state index in [4.69, 9.17) is 11.6 Å². The number of H-pyrrole nitrogens is 1. The molecule has 3 heterocycles. The number of piperazine rings is 1. The van der Waals surface area contributed by atoms with E-state index in [0.717, 1.165) is 10.6 Å². The third-order valence-electron chi connectivity index (χ3n) is 6.44. The number of aromatic nitrogens is 2. The average molecular weight is 525 g/mol. The van der Waals surface area contributed by atoms with Crippen LogP contribution in [0.1, 0.15) is 33.2 Å². The number of sulfonamides is 1. The summed E-state index contributed by atoms with van der Waals surface area (Å²) < 4.78 is 28.1. The van der Waals surface area contributed by atoms with Gasteiger partial charge in [0, 0.05) is 59.5 Å². The van der Waals surface area contributed by atoms with E-state index in [1.807, 2.05) is 0 Å². The average Bonchev–Trinajstić information content (AvgIpc) is 3.42. The summed E-state index contributed by atoms with van der Waals surface area (Å²) in [6.45, 7) is 0.236. The second-order valence-corrected chi connectivity index (χ2v) is 12.1. The standard InChI is InChI=1S/C22H25ClN4O5S2/c23-14-1-3-17-13(9-14)10-20(24-17)34(31,32)26-6-7-27(15(12-26)5-8-28)22(30)21-25-18-4-2-16(29)11-19(18)33-21/h1,3,9-10,15-16,24,28-29H,2,4-8,11-12H2. The first-order valence-corrected chi connectivity index (χ1v) is 13.8. The molecule has 1 fully saturated rings. The van der Waals surface area contributed by atoms with E-state index in [1.165, 1.54) is 15.6 Å². The highest BCUT2D eigenvalue weighted by Crippen LogP contribution is 2.30. The molecule has 12 heteroatoms. The third-order valence-corrected chi connectivity index (χ3v) is 9.57. The van der Waals surface area contributed by atoms with Gasteiger partial charge >= 0.3 is 0 Å². The molecule has 3 N–H and O–H groups in total. The number of rotatable bonds is 5. The van der Waals surface area contributed by atoms with Crippen LogP contribution in [0, 0.1) is 0 Å². The van der Waals surface area contributed by atoms with Crippen LogP contribution in [0.2, 0.25) is 5.02 Å². The number of benzene rings is 1. The van der Waals surface area contributed by atoms with Crippen LogP contribution in [0.25, 0.3) is 10.9 Å². The summed E-state index contributed by atoms with van der Waals surface area (Å²) >= 11 is 7.33. The molecule has 3 aromatic rings. The van der Waals surface area contributed by atoms with Gasteiger partial charge in [-0.1, -0.05) is 11.6 Å². The Kier molecular flexibility index (Phi) is 6.42. The highest BCUT2D eigenvalue weighted by Gasteiger charge is 2.38. The molecule has 0 bridgehead atoms. The maximum atomic E-state index is 13.4. The molecule has 1 aliphatic carbocycles. The van der Waals surface area contributed by atoms with E-state index < -0.39 is 22.2 Å². The minimum atomic E-state index is -3.84. The molecule has 2 aliphatic rings. The number of amides is 1. The summed E-state index contributed by atoms with van der Waals surface area (Å²) in [6.07, 6.45) is 1.62. The van der Waals surface area contributed by atoms with Gasteiger partial charge in [0.2, 0.25) is 0 Å². The first kappa shape index (κ1) is 23.7. The summed E-state index contributed by atoms with van der Waals surface area (Å²) in [6, 6.07) is 6.20. The van der Waals surface area contributed by atoms with Gasteiger partial charge in [0.05, 0.1) is 11.8 Å². The number of aryl methyl sites for hydroxylation is 1. The minimum absolute atomic E-state index is 0.0680. The molecule has 2 aromatic heterocycles. The number of hydrogen-bond donors (Lipinski definition) is 3. The van der Waals surface area contributed by atoms with Gasteiger partial charge < -0.3 is 20.1 Å². The lowest BCUT2D eigenvalue weighted by molar-refractivity contribution is 0.0519. The van der Waals surface area contributed by atoms with Crippen molar-refractivity contribution in [3.05, 3.63) is 44.9 Å². The lowest BCUT2D eigenvalue weighted by Gasteiger charge is -2.40. The molecular formula is C22H25ClN4O5S2. The van der Waals surface area contributed by atoms with Gasteiger partial charge in [-0.2, -0.15) is 4.31 Å². The predicted octanol–water partition coefficient (Wildman–Crippen LogP) is 2.03. The number of aliphatic hydroxyl groups is 2. The van der Waals surface area contributed by atoms with Crippen molar-refractivity contribution in [2.45, 2.75) is 42.9 Å². The van der Waals surface area contributed by atoms with Gasteiger partial charge in [0.1, 0.15) is 5.03 Å². The van der Waals surface area contributed by atoms with Gasteiger partial charge in [-0.05, 0) is 43.5 Å². The van der Waals surface area contributed by atoms with Crippen LogP contribution >= 0.6 is 22.9 Å². The van der Waals surface area contributed by atoms with Crippen LogP contribution in [-0.2, 0) is 22.9 Å². The minimum Gasteiger partial charge on any atom is -0.396 e. The maximum Gasteiger partial charge on any atom is 0.283 e. The first-order chi connectivity index (χ1) is 16.3. The molecule has 34 heavy (non-hydrogen) atoms. The number of thiazole rings is 1. The van der Waals surface area contributed by atoms with Crippen molar-refractivity contribution in [3.63, 3.8) is 0 Å². The Morgan fingerprint density at radius 2 is 2.12 bits per heavy atom. The zero-order chi connectivity index (χ0) is 24.0. The van der Waals surface area contributed by atoms with Gasteiger partial charge in [-0.3, -0.25) is 4.79 Å². The number of halogens is 1. The lowest BCUT2D eigenvalue weighted by atomic mass is 10.0. The third kappa shape index (κ3) is 4.36. The summed E-state index contributed by atoms with van der Waals surface area (Å²) in [5.41, 5.74) is 1.53. The maximum absolute atomic E-state index is 13.4. The van der Waals surface area contributed by atoms with Crippen molar-refractivity contribution in [2.75, 3.05) is 26.2 Å². The highest BCUT2D eigenvalue weighted by atomic mass is 35.5. The van der Waals surface area contributed by atoms with Gasteiger partial charge in [-0.25, -0.2) is 13.4 Å². The SMILES string of the molecule is O=C(c1nc2c(s1)CC(O)CC2)N1CCN(S(=O)(=O)c2cc3cc(Cl)ccc3[nH]2)CC1CCO. The quantitative estimate of drug-likeness (QED) is 0.468. The van der Waals surface area contributed by atoms with E-state index in [-0.39, 0.29) is 43.6 Å². The Bertz CT molecular complexity index is 1340. The van der Waals surface area contributed by atoms with E-state index >= 15 is 0 Å². The molecule has 1 amide bonds. The fourth-order valence-electron chi connectivity index (χ4n) is 4.64. The molecule has 2 unspecified atom stereocenters. The zero-order valence-corrected chi connectivity index (χ0v) is 20.7. The molecule has 182 valence electrons. The zero-order valence-electron chi connectivity index (χ0n) is 18.3. The number of aromatic amines is 1. The summed E-state index contributed by atoms with van der Waals surface area (Å²) in [4.78, 5) is 23.3. The van der Waals surface area contributed by atoms with E-state index in [2.05, 4.69) is 9.97 Å². The van der Waals surface area contributed by atoms with Crippen molar-refractivity contribution in [1.29, 1.82) is 0 Å². The van der Waals surface area contributed by atoms with Crippen molar-refractivity contribution >= 4 is 49.8 Å². The Morgan fingerprint density at radius 3 is 2.91 bits per heavy atom. The molecule has 1 aliphatic heterocycles. The number of aliphatic hydroxyl groups excluding tert-OH is 2. The van der Waals surface area contributed by atoms with Crippen LogP contribution in [-0.4, -0.2) is 82.1 Å². The molecule has 2 atom stereocenters. The van der Waals surface area contributed by atoms with Crippen LogP contribution in [0.15, 0.2) is 29.3 Å². The second kappa shape index (κ2) is 9.21. The Morgan fingerprint density at radius 1 is 1.29 bits per heavy atom. The number of nitrogens with zero attached hydrogens (tertiary/aromatic N) is 3. The number of carbonyl (C=O) groups excluding carboxylic acids is 1.